The summed E-state index contributed by atoms with van der Waals surface area (Å²) in [5.41, 5.74) is 2.58. The summed E-state index contributed by atoms with van der Waals surface area (Å²) in [5, 5.41) is 16.5. The zero-order valence-corrected chi connectivity index (χ0v) is 17.0. The molecule has 0 radical (unpaired) electrons. The summed E-state index contributed by atoms with van der Waals surface area (Å²) in [7, 11) is 0. The monoisotopic (exact) mass is 421 g/mol. The van der Waals surface area contributed by atoms with Gasteiger partial charge in [-0.3, -0.25) is 9.59 Å². The Labute approximate surface area is 179 Å². The molecule has 2 heterocycles. The minimum absolute atomic E-state index is 0.0575. The molecule has 1 saturated heterocycles. The Morgan fingerprint density at radius 1 is 1.19 bits per heavy atom. The molecule has 0 bridgehead atoms. The normalized spacial score (nSPS) is 18.8. The van der Waals surface area contributed by atoms with Crippen molar-refractivity contribution in [3.8, 4) is 0 Å². The van der Waals surface area contributed by atoms with Gasteiger partial charge >= 0.3 is 0 Å². The lowest BCUT2D eigenvalue weighted by Gasteiger charge is -2.40. The fraction of sp³-hybridized carbons (Fsp3) is 0.261. The second-order valence-electron chi connectivity index (χ2n) is 7.39. The number of anilines is 1. The number of benzene rings is 2. The van der Waals surface area contributed by atoms with Gasteiger partial charge in [0.05, 0.1) is 12.6 Å². The van der Waals surface area contributed by atoms with Gasteiger partial charge in [0.1, 0.15) is 18.5 Å². The molecule has 1 fully saturated rings. The fourth-order valence-corrected chi connectivity index (χ4v) is 3.63. The first-order chi connectivity index (χ1) is 15.0. The third-order valence-electron chi connectivity index (χ3n) is 5.20. The van der Waals surface area contributed by atoms with Crippen LogP contribution in [0.25, 0.3) is 0 Å². The van der Waals surface area contributed by atoms with E-state index in [-0.39, 0.29) is 30.7 Å². The molecule has 2 N–H and O–H groups in total. The number of amides is 2. The van der Waals surface area contributed by atoms with Crippen LogP contribution in [-0.4, -0.2) is 46.2 Å². The largest absolute Gasteiger partial charge is 0.394 e. The molecule has 4 rings (SSSR count). The van der Waals surface area contributed by atoms with Crippen LogP contribution in [0.1, 0.15) is 33.5 Å². The third kappa shape index (κ3) is 4.65. The molecule has 1 aliphatic heterocycles. The van der Waals surface area contributed by atoms with E-state index in [2.05, 4.69) is 10.5 Å². The predicted octanol–water partition coefficient (Wildman–Crippen LogP) is 2.70. The van der Waals surface area contributed by atoms with Crippen LogP contribution in [-0.2, 0) is 16.1 Å². The Morgan fingerprint density at radius 2 is 1.94 bits per heavy atom. The van der Waals surface area contributed by atoms with Gasteiger partial charge in [-0.25, -0.2) is 0 Å². The average molecular weight is 421 g/mol. The SMILES string of the molecule is Cc1cc(C(=O)Nc2ccc(C3OCC(=O)N(Cc4ccccc4)C3CO)cc2)no1. The predicted molar refractivity (Wildman–Crippen MR) is 112 cm³/mol. The molecule has 0 spiro atoms. The van der Waals surface area contributed by atoms with Crippen molar-refractivity contribution in [2.75, 3.05) is 18.5 Å². The second kappa shape index (κ2) is 9.11. The van der Waals surface area contributed by atoms with E-state index in [1.165, 1.54) is 0 Å². The van der Waals surface area contributed by atoms with Crippen LogP contribution in [0, 0.1) is 6.92 Å². The van der Waals surface area contributed by atoms with Crippen LogP contribution in [0.15, 0.2) is 65.2 Å². The van der Waals surface area contributed by atoms with Gasteiger partial charge in [0.2, 0.25) is 5.91 Å². The summed E-state index contributed by atoms with van der Waals surface area (Å²) in [4.78, 5) is 26.4. The lowest BCUT2D eigenvalue weighted by Crippen LogP contribution is -2.52. The lowest BCUT2D eigenvalue weighted by molar-refractivity contribution is -0.162. The molecule has 0 aliphatic carbocycles. The zero-order valence-electron chi connectivity index (χ0n) is 17.0. The van der Waals surface area contributed by atoms with E-state index in [1.807, 2.05) is 42.5 Å². The quantitative estimate of drug-likeness (QED) is 0.634. The van der Waals surface area contributed by atoms with Crippen molar-refractivity contribution in [2.45, 2.75) is 25.6 Å². The van der Waals surface area contributed by atoms with Crippen LogP contribution in [0.2, 0.25) is 0 Å². The second-order valence-corrected chi connectivity index (χ2v) is 7.39. The van der Waals surface area contributed by atoms with Crippen molar-refractivity contribution < 1.29 is 24.0 Å². The Hall–Kier alpha value is -3.49. The number of morpholine rings is 1. The Bertz CT molecular complexity index is 1050. The van der Waals surface area contributed by atoms with Crippen molar-refractivity contribution in [3.63, 3.8) is 0 Å². The van der Waals surface area contributed by atoms with Crippen molar-refractivity contribution in [1.29, 1.82) is 0 Å². The maximum atomic E-state index is 12.5. The fourth-order valence-electron chi connectivity index (χ4n) is 3.63. The van der Waals surface area contributed by atoms with Gasteiger partial charge in [0.15, 0.2) is 5.69 Å². The number of nitrogens with zero attached hydrogens (tertiary/aromatic N) is 2. The highest BCUT2D eigenvalue weighted by molar-refractivity contribution is 6.02. The van der Waals surface area contributed by atoms with Gasteiger partial charge in [-0.2, -0.15) is 0 Å². The molecule has 160 valence electrons. The summed E-state index contributed by atoms with van der Waals surface area (Å²) in [6, 6.07) is 17.8. The molecule has 3 aromatic rings. The topological polar surface area (TPSA) is 105 Å². The highest BCUT2D eigenvalue weighted by atomic mass is 16.5. The Balaban J connectivity index is 1.48. The van der Waals surface area contributed by atoms with E-state index in [1.54, 1.807) is 30.0 Å². The molecule has 31 heavy (non-hydrogen) atoms. The van der Waals surface area contributed by atoms with E-state index in [0.717, 1.165) is 11.1 Å². The van der Waals surface area contributed by atoms with E-state index in [0.29, 0.717) is 18.0 Å². The summed E-state index contributed by atoms with van der Waals surface area (Å²) < 4.78 is 10.7. The van der Waals surface area contributed by atoms with E-state index in [4.69, 9.17) is 9.26 Å². The zero-order chi connectivity index (χ0) is 21.8. The van der Waals surface area contributed by atoms with Gasteiger partial charge in [0.25, 0.3) is 5.91 Å². The average Bonchev–Trinajstić information content (AvgIpc) is 3.23. The Kier molecular flexibility index (Phi) is 6.11. The number of nitrogens with one attached hydrogen (secondary N) is 1. The molecular formula is C23H23N3O5. The maximum Gasteiger partial charge on any atom is 0.277 e. The number of aryl methyl sites for hydroxylation is 1. The number of hydrogen-bond donors (Lipinski definition) is 2. The van der Waals surface area contributed by atoms with Crippen molar-refractivity contribution in [1.82, 2.24) is 10.1 Å². The molecule has 2 amide bonds. The molecule has 8 heteroatoms. The molecule has 1 aromatic heterocycles. The smallest absolute Gasteiger partial charge is 0.277 e. The number of aromatic nitrogens is 1. The first-order valence-corrected chi connectivity index (χ1v) is 9.95. The van der Waals surface area contributed by atoms with E-state index in [9.17, 15) is 14.7 Å². The van der Waals surface area contributed by atoms with Gasteiger partial charge < -0.3 is 24.6 Å². The summed E-state index contributed by atoms with van der Waals surface area (Å²) in [5.74, 6) is 0.0249. The van der Waals surface area contributed by atoms with Crippen molar-refractivity contribution >= 4 is 17.5 Å². The first-order valence-electron chi connectivity index (χ1n) is 9.95. The highest BCUT2D eigenvalue weighted by Gasteiger charge is 2.37. The summed E-state index contributed by atoms with van der Waals surface area (Å²) in [6.45, 7) is 1.83. The van der Waals surface area contributed by atoms with Gasteiger partial charge in [0, 0.05) is 18.3 Å². The van der Waals surface area contributed by atoms with Crippen LogP contribution in [0.4, 0.5) is 5.69 Å². The van der Waals surface area contributed by atoms with Crippen molar-refractivity contribution in [2.24, 2.45) is 0 Å². The number of aliphatic hydroxyl groups is 1. The highest BCUT2D eigenvalue weighted by Crippen LogP contribution is 2.31. The number of hydrogen-bond acceptors (Lipinski definition) is 6. The van der Waals surface area contributed by atoms with Gasteiger partial charge in [-0.1, -0.05) is 47.6 Å². The number of ether oxygens (including phenoxy) is 1. The molecule has 8 nitrogen and oxygen atoms in total. The standard InChI is InChI=1S/C23H23N3O5/c1-15-11-19(25-31-15)23(29)24-18-9-7-17(8-10-18)22-20(13-27)26(21(28)14-30-22)12-16-5-3-2-4-6-16/h2-11,20,22,27H,12-14H2,1H3,(H,24,29). The Morgan fingerprint density at radius 3 is 2.58 bits per heavy atom. The van der Waals surface area contributed by atoms with Gasteiger partial charge in [-0.15, -0.1) is 0 Å². The minimum atomic E-state index is -0.514. The summed E-state index contributed by atoms with van der Waals surface area (Å²) in [6.07, 6.45) is -0.477. The first kappa shape index (κ1) is 20.8. The number of carbonyl (C=O) groups excluding carboxylic acids is 2. The number of aliphatic hydroxyl groups excluding tert-OH is 1. The lowest BCUT2D eigenvalue weighted by atomic mass is 9.98. The molecular weight excluding hydrogens is 398 g/mol. The van der Waals surface area contributed by atoms with E-state index < -0.39 is 12.1 Å². The van der Waals surface area contributed by atoms with Crippen LogP contribution in [0.3, 0.4) is 0 Å². The molecule has 0 saturated carbocycles. The van der Waals surface area contributed by atoms with Gasteiger partial charge in [-0.05, 0) is 30.2 Å². The third-order valence-corrected chi connectivity index (χ3v) is 5.20. The maximum absolute atomic E-state index is 12.5. The minimum Gasteiger partial charge on any atom is -0.394 e. The number of carbonyl (C=O) groups is 2. The summed E-state index contributed by atoms with van der Waals surface area (Å²) >= 11 is 0. The van der Waals surface area contributed by atoms with E-state index >= 15 is 0 Å². The molecule has 1 aliphatic rings. The van der Waals surface area contributed by atoms with Crippen LogP contribution >= 0.6 is 0 Å². The molecule has 2 atom stereocenters. The molecule has 2 aromatic carbocycles. The van der Waals surface area contributed by atoms with Crippen LogP contribution < -0.4 is 5.32 Å². The molecule has 2 unspecified atom stereocenters. The van der Waals surface area contributed by atoms with Crippen LogP contribution in [0.5, 0.6) is 0 Å². The number of rotatable bonds is 6. The van der Waals surface area contributed by atoms with Crippen molar-refractivity contribution in [3.05, 3.63) is 83.2 Å².